The molecule has 0 saturated heterocycles. The van der Waals surface area contributed by atoms with Gasteiger partial charge in [0.1, 0.15) is 0 Å². The van der Waals surface area contributed by atoms with E-state index in [1.54, 1.807) is 0 Å². The normalized spacial score (nSPS) is 11.5. The second-order valence-corrected chi connectivity index (χ2v) is 4.41. The molecule has 0 N–H and O–H groups in total. The van der Waals surface area contributed by atoms with Crippen LogP contribution in [-0.2, 0) is 0 Å². The number of rotatable bonds is 2. The van der Waals surface area contributed by atoms with Crippen molar-refractivity contribution in [3.8, 4) is 0 Å². The van der Waals surface area contributed by atoms with Crippen molar-refractivity contribution in [1.82, 2.24) is 0 Å². The van der Waals surface area contributed by atoms with Gasteiger partial charge in [-0.3, -0.25) is 10.1 Å². The van der Waals surface area contributed by atoms with Crippen LogP contribution in [0.15, 0.2) is 27.6 Å². The first-order valence-corrected chi connectivity index (χ1v) is 5.10. The Hall–Kier alpha value is -0.760. The SMILES string of the molecule is O=[N+]([O-])c1ccc(SC(F)(F)F)cc1Br. The Kier molecular flexibility index (Phi) is 3.61. The lowest BCUT2D eigenvalue weighted by atomic mass is 10.3. The molecule has 0 bridgehead atoms. The first-order valence-electron chi connectivity index (χ1n) is 3.49. The van der Waals surface area contributed by atoms with Gasteiger partial charge in [-0.2, -0.15) is 13.2 Å². The molecule has 0 spiro atoms. The molecular weight excluding hydrogens is 299 g/mol. The van der Waals surface area contributed by atoms with E-state index in [9.17, 15) is 23.3 Å². The summed E-state index contributed by atoms with van der Waals surface area (Å²) >= 11 is 2.52. The number of hydrogen-bond acceptors (Lipinski definition) is 3. The van der Waals surface area contributed by atoms with Crippen LogP contribution in [0.5, 0.6) is 0 Å². The summed E-state index contributed by atoms with van der Waals surface area (Å²) in [5, 5.41) is 10.4. The van der Waals surface area contributed by atoms with E-state index in [1.165, 1.54) is 0 Å². The molecule has 8 heteroatoms. The molecule has 15 heavy (non-hydrogen) atoms. The molecule has 0 heterocycles. The molecule has 1 aromatic carbocycles. The predicted octanol–water partition coefficient (Wildman–Crippen LogP) is 3.97. The van der Waals surface area contributed by atoms with Gasteiger partial charge in [0, 0.05) is 11.0 Å². The maximum Gasteiger partial charge on any atom is 0.446 e. The highest BCUT2D eigenvalue weighted by Gasteiger charge is 2.29. The summed E-state index contributed by atoms with van der Waals surface area (Å²) in [4.78, 5) is 9.59. The van der Waals surface area contributed by atoms with Crippen LogP contribution >= 0.6 is 27.7 Å². The van der Waals surface area contributed by atoms with Crippen molar-refractivity contribution in [2.24, 2.45) is 0 Å². The first-order chi connectivity index (χ1) is 6.79. The number of hydrogen-bond donors (Lipinski definition) is 0. The van der Waals surface area contributed by atoms with Crippen molar-refractivity contribution < 1.29 is 18.1 Å². The molecule has 0 amide bonds. The summed E-state index contributed by atoms with van der Waals surface area (Å²) in [7, 11) is 0. The van der Waals surface area contributed by atoms with Gasteiger partial charge < -0.3 is 0 Å². The Morgan fingerprint density at radius 1 is 1.40 bits per heavy atom. The van der Waals surface area contributed by atoms with Crippen LogP contribution in [0.25, 0.3) is 0 Å². The van der Waals surface area contributed by atoms with Gasteiger partial charge in [0.15, 0.2) is 0 Å². The third-order valence-electron chi connectivity index (χ3n) is 1.35. The minimum Gasteiger partial charge on any atom is -0.258 e. The van der Waals surface area contributed by atoms with E-state index in [4.69, 9.17) is 0 Å². The second-order valence-electron chi connectivity index (χ2n) is 2.42. The maximum atomic E-state index is 11.9. The van der Waals surface area contributed by atoms with E-state index in [0.717, 1.165) is 18.2 Å². The highest BCUT2D eigenvalue weighted by molar-refractivity contribution is 9.10. The average molecular weight is 302 g/mol. The van der Waals surface area contributed by atoms with E-state index in [0.29, 0.717) is 0 Å². The van der Waals surface area contributed by atoms with Gasteiger partial charge in [-0.1, -0.05) is 0 Å². The third kappa shape index (κ3) is 3.71. The van der Waals surface area contributed by atoms with Crippen molar-refractivity contribution in [1.29, 1.82) is 0 Å². The number of nitrogens with zero attached hydrogens (tertiary/aromatic N) is 1. The average Bonchev–Trinajstić information content (AvgIpc) is 1.99. The van der Waals surface area contributed by atoms with Crippen molar-refractivity contribution in [2.45, 2.75) is 10.4 Å². The maximum absolute atomic E-state index is 11.9. The number of nitro benzene ring substituents is 1. The quantitative estimate of drug-likeness (QED) is 0.471. The fraction of sp³-hybridized carbons (Fsp3) is 0.143. The van der Waals surface area contributed by atoms with E-state index < -0.39 is 10.4 Å². The summed E-state index contributed by atoms with van der Waals surface area (Å²) < 4.78 is 35.9. The molecule has 0 radical (unpaired) electrons. The van der Waals surface area contributed by atoms with Crippen molar-refractivity contribution in [3.05, 3.63) is 32.8 Å². The van der Waals surface area contributed by atoms with Gasteiger partial charge >= 0.3 is 5.51 Å². The molecule has 1 aromatic rings. The summed E-state index contributed by atoms with van der Waals surface area (Å²) in [6.45, 7) is 0. The number of nitro groups is 1. The lowest BCUT2D eigenvalue weighted by Crippen LogP contribution is -1.99. The van der Waals surface area contributed by atoms with Crippen molar-refractivity contribution >= 4 is 33.4 Å². The number of benzene rings is 1. The Morgan fingerprint density at radius 3 is 2.40 bits per heavy atom. The van der Waals surface area contributed by atoms with Gasteiger partial charge in [0.25, 0.3) is 5.69 Å². The fourth-order valence-electron chi connectivity index (χ4n) is 0.833. The smallest absolute Gasteiger partial charge is 0.258 e. The molecule has 0 aliphatic carbocycles. The lowest BCUT2D eigenvalue weighted by Gasteiger charge is -2.05. The minimum atomic E-state index is -4.39. The van der Waals surface area contributed by atoms with E-state index in [2.05, 4.69) is 15.9 Å². The van der Waals surface area contributed by atoms with Gasteiger partial charge in [-0.05, 0) is 39.8 Å². The number of thioether (sulfide) groups is 1. The van der Waals surface area contributed by atoms with Crippen molar-refractivity contribution in [2.75, 3.05) is 0 Å². The number of alkyl halides is 3. The molecule has 0 aliphatic heterocycles. The van der Waals surface area contributed by atoms with Gasteiger partial charge in [0.2, 0.25) is 0 Å². The summed E-state index contributed by atoms with van der Waals surface area (Å²) in [6, 6.07) is 3.15. The monoisotopic (exact) mass is 301 g/mol. The highest BCUT2D eigenvalue weighted by Crippen LogP contribution is 2.39. The zero-order chi connectivity index (χ0) is 11.6. The van der Waals surface area contributed by atoms with E-state index >= 15 is 0 Å². The Bertz CT molecular complexity index is 396. The topological polar surface area (TPSA) is 43.1 Å². The molecule has 0 saturated carbocycles. The first kappa shape index (κ1) is 12.3. The largest absolute Gasteiger partial charge is 0.446 e. The van der Waals surface area contributed by atoms with Crippen LogP contribution in [0.4, 0.5) is 18.9 Å². The predicted molar refractivity (Wildman–Crippen MR) is 52.7 cm³/mol. The van der Waals surface area contributed by atoms with Gasteiger partial charge in [0.05, 0.1) is 9.40 Å². The zero-order valence-corrected chi connectivity index (χ0v) is 9.32. The lowest BCUT2D eigenvalue weighted by molar-refractivity contribution is -0.385. The summed E-state index contributed by atoms with van der Waals surface area (Å²) in [5.41, 5.74) is -4.66. The standard InChI is InChI=1S/C7H3BrF3NO2S/c8-5-3-4(15-7(9,10)11)1-2-6(5)12(13)14/h1-3H. The molecule has 0 atom stereocenters. The van der Waals surface area contributed by atoms with Crippen LogP contribution in [0.1, 0.15) is 0 Å². The molecule has 0 aromatic heterocycles. The van der Waals surface area contributed by atoms with Crippen LogP contribution in [0.3, 0.4) is 0 Å². The van der Waals surface area contributed by atoms with Crippen LogP contribution in [0, 0.1) is 10.1 Å². The second kappa shape index (κ2) is 4.40. The van der Waals surface area contributed by atoms with Gasteiger partial charge in [-0.15, -0.1) is 0 Å². The Labute approximate surface area is 94.9 Å². The van der Waals surface area contributed by atoms with Crippen LogP contribution < -0.4 is 0 Å². The molecular formula is C7H3BrF3NO2S. The van der Waals surface area contributed by atoms with E-state index in [1.807, 2.05) is 0 Å². The summed E-state index contributed by atoms with van der Waals surface area (Å²) in [6.07, 6.45) is 0. The fourth-order valence-corrected chi connectivity index (χ4v) is 2.09. The molecule has 0 unspecified atom stereocenters. The highest BCUT2D eigenvalue weighted by atomic mass is 79.9. The molecule has 82 valence electrons. The Morgan fingerprint density at radius 2 is 2.00 bits per heavy atom. The number of halogens is 4. The summed E-state index contributed by atoms with van der Waals surface area (Å²) in [5.74, 6) is 0. The van der Waals surface area contributed by atoms with Gasteiger partial charge in [-0.25, -0.2) is 0 Å². The third-order valence-corrected chi connectivity index (χ3v) is 2.71. The molecule has 0 aliphatic rings. The van der Waals surface area contributed by atoms with E-state index in [-0.39, 0.29) is 26.8 Å². The van der Waals surface area contributed by atoms with Crippen molar-refractivity contribution in [3.63, 3.8) is 0 Å². The molecule has 0 fully saturated rings. The zero-order valence-electron chi connectivity index (χ0n) is 6.92. The van der Waals surface area contributed by atoms with Crippen LogP contribution in [0.2, 0.25) is 0 Å². The minimum absolute atomic E-state index is 0.0294. The molecule has 3 nitrogen and oxygen atoms in total. The van der Waals surface area contributed by atoms with Crippen LogP contribution in [-0.4, -0.2) is 10.4 Å². The Balaban J connectivity index is 2.97. The molecule has 1 rings (SSSR count).